The summed E-state index contributed by atoms with van der Waals surface area (Å²) in [5.41, 5.74) is 6.78. The molecule has 1 aromatic rings. The van der Waals surface area contributed by atoms with E-state index in [1.165, 1.54) is 6.07 Å². The van der Waals surface area contributed by atoms with Crippen molar-refractivity contribution in [1.29, 1.82) is 0 Å². The van der Waals surface area contributed by atoms with Gasteiger partial charge in [-0.3, -0.25) is 0 Å². The minimum absolute atomic E-state index is 0.217. The first-order chi connectivity index (χ1) is 6.72. The van der Waals surface area contributed by atoms with E-state index in [1.807, 2.05) is 0 Å². The van der Waals surface area contributed by atoms with Crippen LogP contribution in [0.3, 0.4) is 0 Å². The molecule has 0 aliphatic rings. The van der Waals surface area contributed by atoms with Crippen LogP contribution in [0.4, 0.5) is 27.6 Å². The van der Waals surface area contributed by atoms with Gasteiger partial charge in [0, 0.05) is 6.07 Å². The van der Waals surface area contributed by atoms with Crippen molar-refractivity contribution in [2.75, 3.05) is 0 Å². The molecule has 0 saturated heterocycles. The Hall–Kier alpha value is -1.53. The highest BCUT2D eigenvalue weighted by Gasteiger charge is 2.61. The first-order valence-electron chi connectivity index (χ1n) is 3.67. The average Bonchev–Trinajstić information content (AvgIpc) is 2.00. The summed E-state index contributed by atoms with van der Waals surface area (Å²) in [5, 5.41) is 0. The number of halogens is 5. The van der Waals surface area contributed by atoms with Gasteiger partial charge in [-0.05, 0) is 12.1 Å². The highest BCUT2D eigenvalue weighted by atomic mass is 19.4. The molecule has 0 atom stereocenters. The van der Waals surface area contributed by atoms with Crippen LogP contribution in [0.5, 0.6) is 5.75 Å². The van der Waals surface area contributed by atoms with Crippen LogP contribution in [0.15, 0.2) is 24.3 Å². The molecule has 15 heavy (non-hydrogen) atoms. The van der Waals surface area contributed by atoms with Crippen molar-refractivity contribution >= 4 is 5.69 Å². The number of benzene rings is 1. The Balaban J connectivity index is 2.87. The minimum atomic E-state index is -5.77. The topological polar surface area (TPSA) is 33.0 Å². The summed E-state index contributed by atoms with van der Waals surface area (Å²) in [6, 6.07) is 4.04. The highest BCUT2D eigenvalue weighted by molar-refractivity contribution is 5.40. The van der Waals surface area contributed by atoms with Crippen molar-refractivity contribution in [3.8, 4) is 5.75 Å². The molecule has 7 heteroatoms. The second kappa shape index (κ2) is 3.56. The molecule has 83 valence electrons. The second-order valence-electron chi connectivity index (χ2n) is 2.64. The molecule has 0 fully saturated rings. The molecule has 0 amide bonds. The van der Waals surface area contributed by atoms with Crippen molar-refractivity contribution in [2.45, 2.75) is 12.3 Å². The van der Waals surface area contributed by atoms with Gasteiger partial charge in [0.15, 0.2) is 0 Å². The summed E-state index contributed by atoms with van der Waals surface area (Å²) in [5.74, 6) is -0.704. The molecule has 2 nitrogen and oxygen atoms in total. The molecule has 0 bridgehead atoms. The van der Waals surface area contributed by atoms with Crippen molar-refractivity contribution in [2.24, 2.45) is 0 Å². The van der Waals surface area contributed by atoms with E-state index in [1.54, 1.807) is 0 Å². The molecule has 0 heterocycles. The van der Waals surface area contributed by atoms with Gasteiger partial charge >= 0.3 is 12.3 Å². The zero-order valence-corrected chi connectivity index (χ0v) is 7.11. The summed E-state index contributed by atoms with van der Waals surface area (Å²) in [7, 11) is 0. The van der Waals surface area contributed by atoms with Gasteiger partial charge in [0.05, 0.1) is 5.69 Å². The Labute approximate surface area is 81.4 Å². The predicted octanol–water partition coefficient (Wildman–Crippen LogP) is 3.13. The highest BCUT2D eigenvalue weighted by Crippen LogP contribution is 2.37. The summed E-state index contributed by atoms with van der Waals surface area (Å²) >= 11 is 0. The second-order valence-corrected chi connectivity index (χ2v) is 2.64. The normalized spacial score (nSPS) is 12.6. The van der Waals surface area contributed by atoms with Crippen molar-refractivity contribution in [1.82, 2.24) is 5.73 Å². The van der Waals surface area contributed by atoms with Gasteiger partial charge in [0.2, 0.25) is 0 Å². The number of ether oxygens (including phenoxy) is 1. The van der Waals surface area contributed by atoms with E-state index in [2.05, 4.69) is 4.74 Å². The summed E-state index contributed by atoms with van der Waals surface area (Å²) < 4.78 is 63.2. The van der Waals surface area contributed by atoms with E-state index >= 15 is 0 Å². The molecule has 0 aliphatic heterocycles. The van der Waals surface area contributed by atoms with Crippen LogP contribution in [-0.2, 0) is 0 Å². The Morgan fingerprint density at radius 3 is 2.13 bits per heavy atom. The van der Waals surface area contributed by atoms with E-state index in [9.17, 15) is 22.0 Å². The van der Waals surface area contributed by atoms with Gasteiger partial charge in [-0.2, -0.15) is 22.0 Å². The molecule has 0 unspecified atom stereocenters. The maximum atomic E-state index is 12.3. The molecule has 0 spiro atoms. The van der Waals surface area contributed by atoms with Crippen LogP contribution in [0.25, 0.3) is 0 Å². The zero-order chi connectivity index (χ0) is 11.7. The number of hydrogen-bond donors (Lipinski definition) is 0. The van der Waals surface area contributed by atoms with Gasteiger partial charge in [-0.1, -0.05) is 6.07 Å². The van der Waals surface area contributed by atoms with E-state index in [-0.39, 0.29) is 5.69 Å². The Kier molecular flexibility index (Phi) is 2.74. The molecule has 0 aromatic heterocycles. The first kappa shape index (κ1) is 11.5. The third kappa shape index (κ3) is 2.71. The zero-order valence-electron chi connectivity index (χ0n) is 7.11. The average molecular weight is 226 g/mol. The molecule has 0 saturated carbocycles. The number of nitrogens with one attached hydrogen (secondary N) is 1. The SMILES string of the molecule is [NH]c1cccc(OC(F)(F)C(F)(F)F)c1. The standard InChI is InChI=1S/C8H5F5NO/c9-7(10,11)8(12,13)15-6-3-1-2-5(14)4-6/h1-4,14H. The van der Waals surface area contributed by atoms with Crippen LogP contribution in [-0.4, -0.2) is 12.3 Å². The first-order valence-corrected chi connectivity index (χ1v) is 3.67. The summed E-state index contributed by atoms with van der Waals surface area (Å²) in [6.45, 7) is 0. The van der Waals surface area contributed by atoms with Crippen molar-refractivity contribution in [3.63, 3.8) is 0 Å². The lowest BCUT2D eigenvalue weighted by molar-refractivity contribution is -0.360. The number of rotatable bonds is 2. The Morgan fingerprint density at radius 1 is 1.07 bits per heavy atom. The molecular formula is C8H5F5NO. The predicted molar refractivity (Wildman–Crippen MR) is 40.8 cm³/mol. The third-order valence-corrected chi connectivity index (χ3v) is 1.41. The van der Waals surface area contributed by atoms with Crippen molar-refractivity contribution in [3.05, 3.63) is 24.3 Å². The number of alkyl halides is 5. The van der Waals surface area contributed by atoms with Crippen LogP contribution in [0.2, 0.25) is 0 Å². The molecular weight excluding hydrogens is 221 g/mol. The quantitative estimate of drug-likeness (QED) is 0.713. The van der Waals surface area contributed by atoms with Gasteiger partial charge in [-0.25, -0.2) is 0 Å². The lowest BCUT2D eigenvalue weighted by Gasteiger charge is -2.20. The maximum Gasteiger partial charge on any atom is 0.499 e. The Morgan fingerprint density at radius 2 is 1.67 bits per heavy atom. The lowest BCUT2D eigenvalue weighted by atomic mass is 10.3. The fraction of sp³-hybridized carbons (Fsp3) is 0.250. The fourth-order valence-corrected chi connectivity index (χ4v) is 0.765. The van der Waals surface area contributed by atoms with Gasteiger partial charge in [0.1, 0.15) is 5.75 Å². The maximum absolute atomic E-state index is 12.3. The Bertz CT molecular complexity index is 349. The molecule has 1 rings (SSSR count). The van der Waals surface area contributed by atoms with E-state index < -0.39 is 18.0 Å². The largest absolute Gasteiger partial charge is 0.499 e. The monoisotopic (exact) mass is 226 g/mol. The van der Waals surface area contributed by atoms with Gasteiger partial charge < -0.3 is 10.5 Å². The van der Waals surface area contributed by atoms with Gasteiger partial charge in [0.25, 0.3) is 0 Å². The molecule has 1 radical (unpaired) electrons. The van der Waals surface area contributed by atoms with Crippen molar-refractivity contribution < 1.29 is 26.7 Å². The third-order valence-electron chi connectivity index (χ3n) is 1.41. The fourth-order valence-electron chi connectivity index (χ4n) is 0.765. The van der Waals surface area contributed by atoms with E-state index in [4.69, 9.17) is 5.73 Å². The van der Waals surface area contributed by atoms with E-state index in [0.29, 0.717) is 0 Å². The van der Waals surface area contributed by atoms with Crippen LogP contribution in [0.1, 0.15) is 0 Å². The van der Waals surface area contributed by atoms with Crippen LogP contribution in [0, 0.1) is 0 Å². The summed E-state index contributed by atoms with van der Waals surface area (Å²) in [4.78, 5) is 0. The smallest absolute Gasteiger partial charge is 0.426 e. The van der Waals surface area contributed by atoms with Crippen LogP contribution >= 0.6 is 0 Å². The molecule has 1 aromatic carbocycles. The minimum Gasteiger partial charge on any atom is -0.426 e. The van der Waals surface area contributed by atoms with E-state index in [0.717, 1.165) is 18.2 Å². The van der Waals surface area contributed by atoms with Crippen LogP contribution < -0.4 is 10.5 Å². The number of hydrogen-bond acceptors (Lipinski definition) is 1. The summed E-state index contributed by atoms with van der Waals surface area (Å²) in [6.07, 6.45) is -11.0. The lowest BCUT2D eigenvalue weighted by Crippen LogP contribution is -2.41. The van der Waals surface area contributed by atoms with Gasteiger partial charge in [-0.15, -0.1) is 0 Å². The molecule has 1 N–H and O–H groups in total. The molecule has 0 aliphatic carbocycles.